The molecule has 2 amide bonds. The first-order valence-electron chi connectivity index (χ1n) is 8.51. The number of carbonyl (C=O) groups excluding carboxylic acids is 2. The molecule has 3 N–H and O–H groups in total. The molecule has 1 aliphatic carbocycles. The molecule has 1 aromatic heterocycles. The van der Waals surface area contributed by atoms with Gasteiger partial charge in [0.15, 0.2) is 0 Å². The highest BCUT2D eigenvalue weighted by molar-refractivity contribution is 7.08. The average Bonchev–Trinajstić information content (AvgIpc) is 3.09. The van der Waals surface area contributed by atoms with Crippen molar-refractivity contribution in [3.63, 3.8) is 0 Å². The van der Waals surface area contributed by atoms with Crippen LogP contribution in [0.5, 0.6) is 0 Å². The van der Waals surface area contributed by atoms with Gasteiger partial charge in [-0.2, -0.15) is 11.3 Å². The molecule has 7 heteroatoms. The molecule has 1 aromatic rings. The molecule has 24 heavy (non-hydrogen) atoms. The molecule has 0 bridgehead atoms. The van der Waals surface area contributed by atoms with E-state index in [4.69, 9.17) is 5.73 Å². The maximum atomic E-state index is 12.6. The van der Waals surface area contributed by atoms with E-state index in [9.17, 15) is 9.59 Å². The second kappa shape index (κ2) is 8.83. The fourth-order valence-electron chi connectivity index (χ4n) is 3.62. The van der Waals surface area contributed by atoms with Crippen LogP contribution in [0.4, 0.5) is 0 Å². The van der Waals surface area contributed by atoms with E-state index in [1.54, 1.807) is 0 Å². The third kappa shape index (κ3) is 4.71. The number of amides is 2. The number of nitrogens with one attached hydrogen (secondary N) is 1. The lowest BCUT2D eigenvalue weighted by atomic mass is 9.85. The quantitative estimate of drug-likeness (QED) is 0.856. The highest BCUT2D eigenvalue weighted by Gasteiger charge is 2.31. The van der Waals surface area contributed by atoms with Crippen LogP contribution in [-0.4, -0.2) is 41.9 Å². The van der Waals surface area contributed by atoms with Gasteiger partial charge in [0.25, 0.3) is 5.91 Å². The van der Waals surface area contributed by atoms with E-state index in [2.05, 4.69) is 5.32 Å². The Morgan fingerprint density at radius 3 is 2.58 bits per heavy atom. The molecule has 2 atom stereocenters. The second-order valence-corrected chi connectivity index (χ2v) is 7.49. The van der Waals surface area contributed by atoms with Crippen LogP contribution in [0.1, 0.15) is 48.9 Å². The average molecular weight is 372 g/mol. The van der Waals surface area contributed by atoms with Gasteiger partial charge in [-0.05, 0) is 43.6 Å². The lowest BCUT2D eigenvalue weighted by Crippen LogP contribution is -2.49. The van der Waals surface area contributed by atoms with Crippen molar-refractivity contribution in [2.45, 2.75) is 50.6 Å². The predicted octanol–water partition coefficient (Wildman–Crippen LogP) is 2.41. The van der Waals surface area contributed by atoms with E-state index in [1.807, 2.05) is 21.7 Å². The van der Waals surface area contributed by atoms with Crippen LogP contribution >= 0.6 is 23.7 Å². The van der Waals surface area contributed by atoms with Crippen LogP contribution in [-0.2, 0) is 4.79 Å². The molecule has 0 spiro atoms. The Bertz CT molecular complexity index is 544. The first kappa shape index (κ1) is 19.2. The summed E-state index contributed by atoms with van der Waals surface area (Å²) < 4.78 is 0. The molecule has 0 radical (unpaired) electrons. The molecule has 2 heterocycles. The molecule has 1 saturated heterocycles. The number of thiophene rings is 1. The maximum Gasteiger partial charge on any atom is 0.252 e. The molecular weight excluding hydrogens is 346 g/mol. The number of likely N-dealkylation sites (tertiary alicyclic amines) is 1. The van der Waals surface area contributed by atoms with Gasteiger partial charge in [-0.1, -0.05) is 6.42 Å². The standard InChI is InChI=1S/C17H25N3O2S.ClH/c18-14-3-1-2-12(10-14)17(22)20-7-4-15(5-8-20)19-16(21)13-6-9-23-11-13;/h6,9,11-12,14-15H,1-5,7-8,10,18H2,(H,19,21);1H. The Hall–Kier alpha value is -1.11. The lowest BCUT2D eigenvalue weighted by molar-refractivity contribution is -0.137. The third-order valence-corrected chi connectivity index (χ3v) is 5.67. The van der Waals surface area contributed by atoms with Crippen LogP contribution < -0.4 is 11.1 Å². The molecule has 0 aromatic carbocycles. The number of piperidine rings is 1. The SMILES string of the molecule is Cl.NC1CCCC(C(=O)N2CCC(NC(=O)c3ccsc3)CC2)C1. The number of rotatable bonds is 3. The molecule has 2 aliphatic rings. The number of hydrogen-bond donors (Lipinski definition) is 2. The topological polar surface area (TPSA) is 75.4 Å². The van der Waals surface area contributed by atoms with Crippen LogP contribution in [0.25, 0.3) is 0 Å². The van der Waals surface area contributed by atoms with Crippen molar-refractivity contribution < 1.29 is 9.59 Å². The minimum Gasteiger partial charge on any atom is -0.349 e. The van der Waals surface area contributed by atoms with Crippen LogP contribution in [0.2, 0.25) is 0 Å². The number of hydrogen-bond acceptors (Lipinski definition) is 4. The van der Waals surface area contributed by atoms with Gasteiger partial charge in [-0.15, -0.1) is 12.4 Å². The number of nitrogens with zero attached hydrogens (tertiary/aromatic N) is 1. The summed E-state index contributed by atoms with van der Waals surface area (Å²) in [6.45, 7) is 1.47. The largest absolute Gasteiger partial charge is 0.349 e. The molecular formula is C17H26ClN3O2S. The summed E-state index contributed by atoms with van der Waals surface area (Å²) >= 11 is 1.53. The van der Waals surface area contributed by atoms with E-state index < -0.39 is 0 Å². The summed E-state index contributed by atoms with van der Waals surface area (Å²) in [6, 6.07) is 2.19. The molecule has 1 aliphatic heterocycles. The Balaban J connectivity index is 0.00000208. The third-order valence-electron chi connectivity index (χ3n) is 4.99. The van der Waals surface area contributed by atoms with E-state index in [-0.39, 0.29) is 42.2 Å². The highest BCUT2D eigenvalue weighted by Crippen LogP contribution is 2.26. The molecule has 2 fully saturated rings. The van der Waals surface area contributed by atoms with E-state index >= 15 is 0 Å². The first-order chi connectivity index (χ1) is 11.1. The molecule has 5 nitrogen and oxygen atoms in total. The molecule has 2 unspecified atom stereocenters. The zero-order chi connectivity index (χ0) is 16.2. The summed E-state index contributed by atoms with van der Waals surface area (Å²) in [5.74, 6) is 0.368. The van der Waals surface area contributed by atoms with Crippen molar-refractivity contribution >= 4 is 35.6 Å². The van der Waals surface area contributed by atoms with Crippen molar-refractivity contribution in [2.75, 3.05) is 13.1 Å². The molecule has 3 rings (SSSR count). The summed E-state index contributed by atoms with van der Waals surface area (Å²) in [6.07, 6.45) is 5.57. The van der Waals surface area contributed by atoms with Gasteiger partial charge in [0.1, 0.15) is 0 Å². The van der Waals surface area contributed by atoms with Gasteiger partial charge in [0.05, 0.1) is 0 Å². The predicted molar refractivity (Wildman–Crippen MR) is 98.6 cm³/mol. The summed E-state index contributed by atoms with van der Waals surface area (Å²) in [5, 5.41) is 6.85. The van der Waals surface area contributed by atoms with E-state index in [0.29, 0.717) is 0 Å². The van der Waals surface area contributed by atoms with E-state index in [0.717, 1.165) is 57.2 Å². The van der Waals surface area contributed by atoms with Crippen molar-refractivity contribution in [1.29, 1.82) is 0 Å². The highest BCUT2D eigenvalue weighted by atomic mass is 35.5. The van der Waals surface area contributed by atoms with Crippen molar-refractivity contribution in [3.8, 4) is 0 Å². The minimum atomic E-state index is -0.00530. The fourth-order valence-corrected chi connectivity index (χ4v) is 4.25. The van der Waals surface area contributed by atoms with Gasteiger partial charge in [0.2, 0.25) is 5.91 Å². The molecule has 134 valence electrons. The number of nitrogens with two attached hydrogens (primary N) is 1. The Morgan fingerprint density at radius 1 is 1.21 bits per heavy atom. The molecule has 1 saturated carbocycles. The van der Waals surface area contributed by atoms with Gasteiger partial charge >= 0.3 is 0 Å². The van der Waals surface area contributed by atoms with E-state index in [1.165, 1.54) is 11.3 Å². The zero-order valence-corrected chi connectivity index (χ0v) is 15.4. The summed E-state index contributed by atoms with van der Waals surface area (Å²) in [7, 11) is 0. The Labute approximate surface area is 153 Å². The zero-order valence-electron chi connectivity index (χ0n) is 13.8. The number of carbonyl (C=O) groups is 2. The Morgan fingerprint density at radius 2 is 1.96 bits per heavy atom. The van der Waals surface area contributed by atoms with Crippen LogP contribution in [0.3, 0.4) is 0 Å². The second-order valence-electron chi connectivity index (χ2n) is 6.71. The Kier molecular flexibility index (Phi) is 7.07. The maximum absolute atomic E-state index is 12.6. The van der Waals surface area contributed by atoms with Crippen molar-refractivity contribution in [3.05, 3.63) is 22.4 Å². The number of halogens is 1. The van der Waals surface area contributed by atoms with Gasteiger partial charge in [-0.3, -0.25) is 9.59 Å². The van der Waals surface area contributed by atoms with Gasteiger partial charge in [0, 0.05) is 42.0 Å². The monoisotopic (exact) mass is 371 g/mol. The smallest absolute Gasteiger partial charge is 0.252 e. The summed E-state index contributed by atoms with van der Waals surface area (Å²) in [5.41, 5.74) is 6.72. The van der Waals surface area contributed by atoms with Crippen LogP contribution in [0.15, 0.2) is 16.8 Å². The fraction of sp³-hybridized carbons (Fsp3) is 0.647. The van der Waals surface area contributed by atoms with Crippen molar-refractivity contribution in [1.82, 2.24) is 10.2 Å². The van der Waals surface area contributed by atoms with Gasteiger partial charge in [-0.25, -0.2) is 0 Å². The van der Waals surface area contributed by atoms with Crippen LogP contribution in [0, 0.1) is 5.92 Å². The van der Waals surface area contributed by atoms with Crippen molar-refractivity contribution in [2.24, 2.45) is 11.7 Å². The summed E-state index contributed by atoms with van der Waals surface area (Å²) in [4.78, 5) is 26.6. The minimum absolute atomic E-state index is 0. The normalized spacial score (nSPS) is 25.0. The van der Waals surface area contributed by atoms with Gasteiger partial charge < -0.3 is 16.0 Å². The first-order valence-corrected chi connectivity index (χ1v) is 9.45. The lowest BCUT2D eigenvalue weighted by Gasteiger charge is -2.36.